The smallest absolute Gasteiger partial charge is 0.284 e. The van der Waals surface area contributed by atoms with Crippen molar-refractivity contribution in [2.45, 2.75) is 26.3 Å². The lowest BCUT2D eigenvalue weighted by Crippen LogP contribution is -2.26. The van der Waals surface area contributed by atoms with Gasteiger partial charge in [0.25, 0.3) is 5.91 Å². The highest BCUT2D eigenvalue weighted by Gasteiger charge is 2.34. The minimum atomic E-state index is -3.33. The molecule has 1 atom stereocenters. The van der Waals surface area contributed by atoms with Gasteiger partial charge in [-0.2, -0.15) is 5.10 Å². The normalized spacial score (nSPS) is 16.3. The van der Waals surface area contributed by atoms with E-state index in [2.05, 4.69) is 4.72 Å². The third-order valence-electron chi connectivity index (χ3n) is 5.27. The fourth-order valence-corrected chi connectivity index (χ4v) is 4.87. The number of rotatable bonds is 6. The SMILES string of the molecule is CCS(=O)(=O)Nc1ccc(C2=NN(C(=O)c3cccs3)[C@@H](c3ccccc3C)C2)cc1. The molecule has 1 aromatic heterocycles. The maximum absolute atomic E-state index is 13.2. The Bertz CT molecular complexity index is 1220. The molecule has 31 heavy (non-hydrogen) atoms. The number of carbonyl (C=O) groups is 1. The third-order valence-corrected chi connectivity index (χ3v) is 7.43. The van der Waals surface area contributed by atoms with Crippen LogP contribution in [0.5, 0.6) is 0 Å². The number of benzene rings is 2. The van der Waals surface area contributed by atoms with Gasteiger partial charge in [-0.1, -0.05) is 42.5 Å². The minimum absolute atomic E-state index is 0.0133. The van der Waals surface area contributed by atoms with Gasteiger partial charge in [0.05, 0.1) is 22.4 Å². The predicted molar refractivity (Wildman–Crippen MR) is 125 cm³/mol. The van der Waals surface area contributed by atoms with E-state index in [0.29, 0.717) is 17.0 Å². The van der Waals surface area contributed by atoms with Crippen LogP contribution in [-0.2, 0) is 10.0 Å². The number of hydrogen-bond acceptors (Lipinski definition) is 5. The highest BCUT2D eigenvalue weighted by molar-refractivity contribution is 7.92. The van der Waals surface area contributed by atoms with E-state index in [9.17, 15) is 13.2 Å². The van der Waals surface area contributed by atoms with E-state index in [1.54, 1.807) is 24.1 Å². The van der Waals surface area contributed by atoms with Crippen molar-refractivity contribution in [3.05, 3.63) is 87.6 Å². The zero-order valence-corrected chi connectivity index (χ0v) is 18.9. The summed E-state index contributed by atoms with van der Waals surface area (Å²) in [6, 6.07) is 18.6. The van der Waals surface area contributed by atoms with Crippen molar-refractivity contribution < 1.29 is 13.2 Å². The second-order valence-corrected chi connectivity index (χ2v) is 10.3. The Hall–Kier alpha value is -2.97. The average Bonchev–Trinajstić information content (AvgIpc) is 3.45. The van der Waals surface area contributed by atoms with Crippen molar-refractivity contribution >= 4 is 38.7 Å². The molecule has 0 unspecified atom stereocenters. The van der Waals surface area contributed by atoms with Crippen LogP contribution < -0.4 is 4.72 Å². The van der Waals surface area contributed by atoms with Crippen molar-refractivity contribution in [3.63, 3.8) is 0 Å². The van der Waals surface area contributed by atoms with Gasteiger partial charge in [-0.05, 0) is 54.1 Å². The molecule has 0 bridgehead atoms. The number of anilines is 1. The van der Waals surface area contributed by atoms with Crippen LogP contribution in [0.4, 0.5) is 5.69 Å². The Kier molecular flexibility index (Phi) is 5.93. The largest absolute Gasteiger partial charge is 0.284 e. The van der Waals surface area contributed by atoms with Crippen molar-refractivity contribution in [1.29, 1.82) is 0 Å². The molecule has 1 amide bonds. The van der Waals surface area contributed by atoms with E-state index in [1.165, 1.54) is 11.3 Å². The highest BCUT2D eigenvalue weighted by Crippen LogP contribution is 2.36. The van der Waals surface area contributed by atoms with Crippen LogP contribution in [0.25, 0.3) is 0 Å². The lowest BCUT2D eigenvalue weighted by molar-refractivity contribution is 0.0716. The molecule has 8 heteroatoms. The van der Waals surface area contributed by atoms with Crippen molar-refractivity contribution in [2.75, 3.05) is 10.5 Å². The molecular weight excluding hydrogens is 430 g/mol. The summed E-state index contributed by atoms with van der Waals surface area (Å²) in [7, 11) is -3.33. The quantitative estimate of drug-likeness (QED) is 0.582. The van der Waals surface area contributed by atoms with E-state index >= 15 is 0 Å². The molecule has 6 nitrogen and oxygen atoms in total. The molecular formula is C23H23N3O3S2. The summed E-state index contributed by atoms with van der Waals surface area (Å²) in [5.41, 5.74) is 4.34. The van der Waals surface area contributed by atoms with Crippen molar-refractivity contribution in [1.82, 2.24) is 5.01 Å². The van der Waals surface area contributed by atoms with E-state index in [-0.39, 0.29) is 17.7 Å². The Morgan fingerprint density at radius 3 is 2.52 bits per heavy atom. The summed E-state index contributed by atoms with van der Waals surface area (Å²) in [5.74, 6) is -0.107. The van der Waals surface area contributed by atoms with Gasteiger partial charge in [0.2, 0.25) is 10.0 Å². The zero-order valence-electron chi connectivity index (χ0n) is 17.3. The van der Waals surface area contributed by atoms with Gasteiger partial charge in [0, 0.05) is 12.1 Å². The number of sulfonamides is 1. The fourth-order valence-electron chi connectivity index (χ4n) is 3.57. The van der Waals surface area contributed by atoms with Gasteiger partial charge < -0.3 is 0 Å². The van der Waals surface area contributed by atoms with Crippen LogP contribution in [0, 0.1) is 6.92 Å². The molecule has 2 heterocycles. The molecule has 1 N–H and O–H groups in total. The number of hydrazone groups is 1. The number of amides is 1. The summed E-state index contributed by atoms with van der Waals surface area (Å²) in [4.78, 5) is 13.8. The molecule has 3 aromatic rings. The maximum atomic E-state index is 13.2. The van der Waals surface area contributed by atoms with Gasteiger partial charge in [0.15, 0.2) is 0 Å². The molecule has 1 aliphatic rings. The van der Waals surface area contributed by atoms with Gasteiger partial charge in [-0.15, -0.1) is 11.3 Å². The number of hydrogen-bond donors (Lipinski definition) is 1. The monoisotopic (exact) mass is 453 g/mol. The average molecular weight is 454 g/mol. The van der Waals surface area contributed by atoms with E-state index in [0.717, 1.165) is 22.4 Å². The summed E-state index contributed by atoms with van der Waals surface area (Å²) in [6.45, 7) is 3.63. The summed E-state index contributed by atoms with van der Waals surface area (Å²) in [5, 5.41) is 8.16. The first-order valence-electron chi connectivity index (χ1n) is 9.99. The van der Waals surface area contributed by atoms with Crippen LogP contribution in [0.2, 0.25) is 0 Å². The van der Waals surface area contributed by atoms with Gasteiger partial charge >= 0.3 is 0 Å². The van der Waals surface area contributed by atoms with Crippen LogP contribution in [-0.4, -0.2) is 30.8 Å². The molecule has 0 spiro atoms. The lowest BCUT2D eigenvalue weighted by atomic mass is 9.95. The Morgan fingerprint density at radius 2 is 1.87 bits per heavy atom. The first-order valence-corrected chi connectivity index (χ1v) is 12.5. The Balaban J connectivity index is 1.66. The Labute approximate surface area is 186 Å². The van der Waals surface area contributed by atoms with Crippen LogP contribution >= 0.6 is 11.3 Å². The first-order chi connectivity index (χ1) is 14.9. The number of aryl methyl sites for hydroxylation is 1. The summed E-state index contributed by atoms with van der Waals surface area (Å²) >= 11 is 1.40. The van der Waals surface area contributed by atoms with Gasteiger partial charge in [-0.3, -0.25) is 9.52 Å². The summed E-state index contributed by atoms with van der Waals surface area (Å²) < 4.78 is 26.1. The molecule has 0 radical (unpaired) electrons. The number of nitrogens with zero attached hydrogens (tertiary/aromatic N) is 2. The second kappa shape index (κ2) is 8.64. The topological polar surface area (TPSA) is 78.8 Å². The van der Waals surface area contributed by atoms with Gasteiger partial charge in [0.1, 0.15) is 0 Å². The molecule has 2 aromatic carbocycles. The molecule has 0 aliphatic carbocycles. The molecule has 0 fully saturated rings. The van der Waals surface area contributed by atoms with Crippen LogP contribution in [0.1, 0.15) is 45.7 Å². The molecule has 4 rings (SSSR count). The fraction of sp³-hybridized carbons (Fsp3) is 0.217. The minimum Gasteiger partial charge on any atom is -0.284 e. The molecule has 0 saturated carbocycles. The van der Waals surface area contributed by atoms with E-state index in [4.69, 9.17) is 5.10 Å². The first kappa shape index (κ1) is 21.3. The highest BCUT2D eigenvalue weighted by atomic mass is 32.2. The maximum Gasteiger partial charge on any atom is 0.284 e. The Morgan fingerprint density at radius 1 is 1.13 bits per heavy atom. The molecule has 1 aliphatic heterocycles. The summed E-state index contributed by atoms with van der Waals surface area (Å²) in [6.07, 6.45) is 0.585. The second-order valence-electron chi connectivity index (χ2n) is 7.33. The van der Waals surface area contributed by atoms with Crippen LogP contribution in [0.3, 0.4) is 0 Å². The van der Waals surface area contributed by atoms with E-state index < -0.39 is 10.0 Å². The lowest BCUT2D eigenvalue weighted by Gasteiger charge is -2.23. The third kappa shape index (κ3) is 4.55. The predicted octanol–water partition coefficient (Wildman–Crippen LogP) is 4.81. The van der Waals surface area contributed by atoms with Crippen LogP contribution in [0.15, 0.2) is 71.1 Å². The van der Waals surface area contributed by atoms with Crippen molar-refractivity contribution in [2.24, 2.45) is 5.10 Å². The zero-order chi connectivity index (χ0) is 22.0. The molecule has 160 valence electrons. The molecule has 0 saturated heterocycles. The number of thiophene rings is 1. The number of nitrogens with one attached hydrogen (secondary N) is 1. The van der Waals surface area contributed by atoms with Crippen molar-refractivity contribution in [3.8, 4) is 0 Å². The van der Waals surface area contributed by atoms with Gasteiger partial charge in [-0.25, -0.2) is 13.4 Å². The standard InChI is InChI=1S/C23H23N3O3S2/c1-3-31(28,29)25-18-12-10-17(11-13-18)20-15-21(19-8-5-4-7-16(19)2)26(24-20)23(27)22-9-6-14-30-22/h4-14,21,25H,3,15H2,1-2H3/t21-/m1/s1. The van der Waals surface area contributed by atoms with E-state index in [1.807, 2.05) is 60.8 Å². The number of carbonyl (C=O) groups excluding carboxylic acids is 1.